The van der Waals surface area contributed by atoms with Crippen molar-refractivity contribution in [2.45, 2.75) is 39.7 Å². The van der Waals surface area contributed by atoms with E-state index < -0.39 is 0 Å². The van der Waals surface area contributed by atoms with E-state index in [0.29, 0.717) is 0 Å². The third kappa shape index (κ3) is 4.08. The maximum atomic E-state index is 12.6. The van der Waals surface area contributed by atoms with Crippen molar-refractivity contribution in [2.24, 2.45) is 0 Å². The van der Waals surface area contributed by atoms with Gasteiger partial charge in [-0.1, -0.05) is 32.0 Å². The van der Waals surface area contributed by atoms with Gasteiger partial charge in [-0.25, -0.2) is 0 Å². The first-order valence-corrected chi connectivity index (χ1v) is 8.52. The van der Waals surface area contributed by atoms with E-state index in [2.05, 4.69) is 30.1 Å². The number of para-hydroxylation sites is 1. The van der Waals surface area contributed by atoms with Gasteiger partial charge >= 0.3 is 0 Å². The lowest BCUT2D eigenvalue weighted by Gasteiger charge is -2.23. The molecule has 0 bridgehead atoms. The summed E-state index contributed by atoms with van der Waals surface area (Å²) in [6.45, 7) is 11.3. The minimum Gasteiger partial charge on any atom is -0.310 e. The molecular formula is C18H29N3O. The van der Waals surface area contributed by atoms with Gasteiger partial charge < -0.3 is 15.1 Å². The van der Waals surface area contributed by atoms with Crippen LogP contribution in [0.2, 0.25) is 0 Å². The number of hydrogen-bond acceptors (Lipinski definition) is 3. The fraction of sp³-hybridized carbons (Fsp3) is 0.611. The fourth-order valence-electron chi connectivity index (χ4n) is 3.05. The molecule has 1 heterocycles. The number of anilines is 1. The Morgan fingerprint density at radius 1 is 1.32 bits per heavy atom. The molecule has 0 unspecified atom stereocenters. The van der Waals surface area contributed by atoms with Crippen molar-refractivity contribution in [1.29, 1.82) is 0 Å². The van der Waals surface area contributed by atoms with Crippen LogP contribution in [-0.2, 0) is 11.2 Å². The number of nitrogens with one attached hydrogen (secondary N) is 1. The highest BCUT2D eigenvalue weighted by Crippen LogP contribution is 2.27. The summed E-state index contributed by atoms with van der Waals surface area (Å²) in [6, 6.07) is 8.09. The number of nitrogens with zero attached hydrogens (tertiary/aromatic N) is 2. The van der Waals surface area contributed by atoms with Crippen molar-refractivity contribution in [1.82, 2.24) is 10.2 Å². The summed E-state index contributed by atoms with van der Waals surface area (Å²) in [5.41, 5.74) is 2.37. The Hall–Kier alpha value is -1.39. The molecule has 1 aliphatic rings. The number of carbonyl (C=O) groups excluding carboxylic acids is 1. The van der Waals surface area contributed by atoms with E-state index in [1.807, 2.05) is 30.0 Å². The summed E-state index contributed by atoms with van der Waals surface area (Å²) < 4.78 is 0. The molecule has 122 valence electrons. The van der Waals surface area contributed by atoms with Gasteiger partial charge in [0.05, 0.1) is 6.04 Å². The Balaban J connectivity index is 1.79. The van der Waals surface area contributed by atoms with Gasteiger partial charge in [0.2, 0.25) is 5.91 Å². The van der Waals surface area contributed by atoms with Crippen LogP contribution in [0.5, 0.6) is 0 Å². The number of amides is 1. The standard InChI is InChI=1S/C18H29N3O/c1-4-20(5-2)13-8-12-19-15(3)18(22)21-14-11-16-9-6-7-10-17(16)21/h6-7,9-10,15,19H,4-5,8,11-14H2,1-3H3/t15-/m0/s1. The van der Waals surface area contributed by atoms with Crippen molar-refractivity contribution in [3.63, 3.8) is 0 Å². The molecule has 0 saturated carbocycles. The number of hydrogen-bond donors (Lipinski definition) is 1. The predicted molar refractivity (Wildman–Crippen MR) is 92.4 cm³/mol. The van der Waals surface area contributed by atoms with E-state index in [4.69, 9.17) is 0 Å². The van der Waals surface area contributed by atoms with Crippen LogP contribution < -0.4 is 10.2 Å². The number of benzene rings is 1. The quantitative estimate of drug-likeness (QED) is 0.749. The Morgan fingerprint density at radius 3 is 2.77 bits per heavy atom. The lowest BCUT2D eigenvalue weighted by molar-refractivity contribution is -0.120. The maximum absolute atomic E-state index is 12.6. The molecule has 2 rings (SSSR count). The molecule has 0 radical (unpaired) electrons. The molecule has 22 heavy (non-hydrogen) atoms. The zero-order valence-electron chi connectivity index (χ0n) is 14.1. The fourth-order valence-corrected chi connectivity index (χ4v) is 3.05. The van der Waals surface area contributed by atoms with Gasteiger partial charge in [-0.05, 0) is 57.6 Å². The third-order valence-corrected chi connectivity index (χ3v) is 4.52. The first kappa shape index (κ1) is 17.0. The molecule has 1 aliphatic heterocycles. The largest absolute Gasteiger partial charge is 0.310 e. The second-order valence-electron chi connectivity index (χ2n) is 5.92. The number of carbonyl (C=O) groups is 1. The van der Waals surface area contributed by atoms with Crippen molar-refractivity contribution in [2.75, 3.05) is 37.6 Å². The summed E-state index contributed by atoms with van der Waals surface area (Å²) in [7, 11) is 0. The van der Waals surface area contributed by atoms with Crippen LogP contribution in [-0.4, -0.2) is 49.6 Å². The average Bonchev–Trinajstić information content (AvgIpc) is 2.98. The molecule has 0 spiro atoms. The Bertz CT molecular complexity index is 485. The van der Waals surface area contributed by atoms with Gasteiger partial charge in [-0.2, -0.15) is 0 Å². The Morgan fingerprint density at radius 2 is 2.05 bits per heavy atom. The highest BCUT2D eigenvalue weighted by atomic mass is 16.2. The molecule has 1 aromatic rings. The van der Waals surface area contributed by atoms with Crippen molar-refractivity contribution in [3.8, 4) is 0 Å². The molecule has 0 saturated heterocycles. The highest BCUT2D eigenvalue weighted by Gasteiger charge is 2.27. The van der Waals surface area contributed by atoms with E-state index in [9.17, 15) is 4.79 Å². The predicted octanol–water partition coefficient (Wildman–Crippen LogP) is 2.29. The van der Waals surface area contributed by atoms with E-state index in [0.717, 1.165) is 51.3 Å². The van der Waals surface area contributed by atoms with Gasteiger partial charge in [0.15, 0.2) is 0 Å². The van der Waals surface area contributed by atoms with E-state index in [1.165, 1.54) is 5.56 Å². The van der Waals surface area contributed by atoms with Crippen LogP contribution in [0.4, 0.5) is 5.69 Å². The first-order chi connectivity index (χ1) is 10.7. The van der Waals surface area contributed by atoms with E-state index in [1.54, 1.807) is 0 Å². The van der Waals surface area contributed by atoms with Crippen LogP contribution in [0.1, 0.15) is 32.8 Å². The van der Waals surface area contributed by atoms with E-state index >= 15 is 0 Å². The summed E-state index contributed by atoms with van der Waals surface area (Å²) in [5, 5.41) is 3.38. The van der Waals surface area contributed by atoms with Crippen molar-refractivity contribution >= 4 is 11.6 Å². The molecule has 1 amide bonds. The molecule has 1 aromatic carbocycles. The minimum absolute atomic E-state index is 0.122. The summed E-state index contributed by atoms with van der Waals surface area (Å²) in [6.07, 6.45) is 2.05. The minimum atomic E-state index is -0.122. The summed E-state index contributed by atoms with van der Waals surface area (Å²) in [5.74, 6) is 0.188. The molecule has 4 nitrogen and oxygen atoms in total. The molecule has 4 heteroatoms. The topological polar surface area (TPSA) is 35.6 Å². The molecule has 1 atom stereocenters. The van der Waals surface area contributed by atoms with Crippen LogP contribution in [0.3, 0.4) is 0 Å². The van der Waals surface area contributed by atoms with Gasteiger partial charge in [0, 0.05) is 12.2 Å². The monoisotopic (exact) mass is 303 g/mol. The SMILES string of the molecule is CCN(CC)CCCN[C@@H](C)C(=O)N1CCc2ccccc21. The highest BCUT2D eigenvalue weighted by molar-refractivity contribution is 5.98. The maximum Gasteiger partial charge on any atom is 0.243 e. The summed E-state index contributed by atoms with van der Waals surface area (Å²) >= 11 is 0. The van der Waals surface area contributed by atoms with Crippen LogP contribution >= 0.6 is 0 Å². The second-order valence-corrected chi connectivity index (χ2v) is 5.92. The van der Waals surface area contributed by atoms with Gasteiger partial charge in [0.1, 0.15) is 0 Å². The number of rotatable bonds is 8. The van der Waals surface area contributed by atoms with Crippen molar-refractivity contribution in [3.05, 3.63) is 29.8 Å². The average molecular weight is 303 g/mol. The molecular weight excluding hydrogens is 274 g/mol. The van der Waals surface area contributed by atoms with Crippen LogP contribution in [0, 0.1) is 0 Å². The zero-order chi connectivity index (χ0) is 15.9. The van der Waals surface area contributed by atoms with E-state index in [-0.39, 0.29) is 11.9 Å². The van der Waals surface area contributed by atoms with Gasteiger partial charge in [-0.3, -0.25) is 4.79 Å². The number of fused-ring (bicyclic) bond motifs is 1. The third-order valence-electron chi connectivity index (χ3n) is 4.52. The lowest BCUT2D eigenvalue weighted by atomic mass is 10.2. The van der Waals surface area contributed by atoms with Crippen LogP contribution in [0.15, 0.2) is 24.3 Å². The molecule has 1 N–H and O–H groups in total. The molecule has 0 fully saturated rings. The zero-order valence-corrected chi connectivity index (χ0v) is 14.1. The molecule has 0 aromatic heterocycles. The second kappa shape index (κ2) is 8.30. The van der Waals surface area contributed by atoms with Gasteiger partial charge in [-0.15, -0.1) is 0 Å². The Labute approximate surface area is 134 Å². The van der Waals surface area contributed by atoms with Gasteiger partial charge in [0.25, 0.3) is 0 Å². The Kier molecular flexibility index (Phi) is 6.40. The smallest absolute Gasteiger partial charge is 0.243 e. The first-order valence-electron chi connectivity index (χ1n) is 8.52. The van der Waals surface area contributed by atoms with Crippen molar-refractivity contribution < 1.29 is 4.79 Å². The normalized spacial score (nSPS) is 15.2. The lowest BCUT2D eigenvalue weighted by Crippen LogP contribution is -2.45. The molecule has 0 aliphatic carbocycles. The summed E-state index contributed by atoms with van der Waals surface area (Å²) in [4.78, 5) is 16.9. The van der Waals surface area contributed by atoms with Crippen LogP contribution in [0.25, 0.3) is 0 Å².